The van der Waals surface area contributed by atoms with Crippen molar-refractivity contribution < 1.29 is 9.53 Å². The lowest BCUT2D eigenvalue weighted by Gasteiger charge is -2.12. The van der Waals surface area contributed by atoms with Crippen LogP contribution >= 0.6 is 0 Å². The average molecular weight is 359 g/mol. The van der Waals surface area contributed by atoms with Gasteiger partial charge in [-0.2, -0.15) is 0 Å². The van der Waals surface area contributed by atoms with Crippen LogP contribution in [0.3, 0.4) is 0 Å². The van der Waals surface area contributed by atoms with E-state index in [-0.39, 0.29) is 5.91 Å². The first kappa shape index (κ1) is 18.2. The molecule has 136 valence electrons. The van der Waals surface area contributed by atoms with Gasteiger partial charge in [0, 0.05) is 11.3 Å². The van der Waals surface area contributed by atoms with Gasteiger partial charge in [-0.25, -0.2) is 4.99 Å². The zero-order chi connectivity index (χ0) is 18.9. The molecule has 0 radical (unpaired) electrons. The van der Waals surface area contributed by atoms with Crippen LogP contribution in [-0.2, 0) is 6.54 Å². The summed E-state index contributed by atoms with van der Waals surface area (Å²) in [5.41, 5.74) is 2.43. The molecule has 0 spiro atoms. The van der Waals surface area contributed by atoms with Crippen molar-refractivity contribution in [1.82, 2.24) is 5.32 Å². The molecule has 0 saturated carbocycles. The maximum atomic E-state index is 12.5. The van der Waals surface area contributed by atoms with Crippen molar-refractivity contribution >= 4 is 17.6 Å². The number of hydrogen-bond donors (Lipinski definition) is 2. The number of hydrogen-bond acceptors (Lipinski definition) is 3. The lowest BCUT2D eigenvalue weighted by atomic mass is 10.2. The third-order valence-electron chi connectivity index (χ3n) is 3.88. The summed E-state index contributed by atoms with van der Waals surface area (Å²) >= 11 is 0. The number of anilines is 1. The monoisotopic (exact) mass is 359 g/mol. The number of ether oxygens (including phenoxy) is 1. The number of aliphatic imine (C=N–C) groups is 1. The van der Waals surface area contributed by atoms with E-state index >= 15 is 0 Å². The van der Waals surface area contributed by atoms with E-state index in [9.17, 15) is 4.79 Å². The van der Waals surface area contributed by atoms with Crippen LogP contribution < -0.4 is 15.4 Å². The highest BCUT2D eigenvalue weighted by Gasteiger charge is 2.09. The molecule has 0 saturated heterocycles. The molecule has 2 N–H and O–H groups in total. The van der Waals surface area contributed by atoms with Crippen molar-refractivity contribution in [2.75, 3.05) is 12.4 Å². The zero-order valence-corrected chi connectivity index (χ0v) is 15.1. The van der Waals surface area contributed by atoms with Gasteiger partial charge in [0.1, 0.15) is 5.75 Å². The SMILES string of the molecule is COc1ccc(NC(=NCc2ccccc2)NC(=O)c2ccccc2)cc1. The van der Waals surface area contributed by atoms with Crippen LogP contribution in [-0.4, -0.2) is 19.0 Å². The minimum Gasteiger partial charge on any atom is -0.497 e. The summed E-state index contributed by atoms with van der Waals surface area (Å²) in [7, 11) is 1.62. The van der Waals surface area contributed by atoms with Crippen molar-refractivity contribution in [2.24, 2.45) is 4.99 Å². The molecule has 27 heavy (non-hydrogen) atoms. The van der Waals surface area contributed by atoms with E-state index in [1.54, 1.807) is 19.2 Å². The van der Waals surface area contributed by atoms with Crippen molar-refractivity contribution in [3.63, 3.8) is 0 Å². The van der Waals surface area contributed by atoms with E-state index in [2.05, 4.69) is 15.6 Å². The van der Waals surface area contributed by atoms with E-state index in [1.807, 2.05) is 72.8 Å². The lowest BCUT2D eigenvalue weighted by molar-refractivity contribution is 0.0977. The highest BCUT2D eigenvalue weighted by Crippen LogP contribution is 2.15. The number of amides is 1. The minimum atomic E-state index is -0.219. The third-order valence-corrected chi connectivity index (χ3v) is 3.88. The van der Waals surface area contributed by atoms with Gasteiger partial charge in [0.05, 0.1) is 13.7 Å². The molecule has 5 heteroatoms. The standard InChI is InChI=1S/C22H21N3O2/c1-27-20-14-12-19(13-15-20)24-22(23-16-17-8-4-2-5-9-17)25-21(26)18-10-6-3-7-11-18/h2-15H,16H2,1H3,(H2,23,24,25,26). The van der Waals surface area contributed by atoms with Crippen LogP contribution in [0.25, 0.3) is 0 Å². The van der Waals surface area contributed by atoms with E-state index < -0.39 is 0 Å². The highest BCUT2D eigenvalue weighted by atomic mass is 16.5. The second kappa shape index (κ2) is 9.20. The molecule has 0 heterocycles. The van der Waals surface area contributed by atoms with Gasteiger partial charge in [0.15, 0.2) is 0 Å². The van der Waals surface area contributed by atoms with Gasteiger partial charge < -0.3 is 10.1 Å². The normalized spacial score (nSPS) is 10.9. The smallest absolute Gasteiger partial charge is 0.257 e. The molecule has 0 aliphatic heterocycles. The fourth-order valence-corrected chi connectivity index (χ4v) is 2.44. The molecular formula is C22H21N3O2. The van der Waals surface area contributed by atoms with Crippen molar-refractivity contribution in [3.05, 3.63) is 96.1 Å². The Balaban J connectivity index is 1.77. The van der Waals surface area contributed by atoms with E-state index in [0.29, 0.717) is 18.1 Å². The van der Waals surface area contributed by atoms with Crippen LogP contribution in [0, 0.1) is 0 Å². The number of nitrogens with zero attached hydrogens (tertiary/aromatic N) is 1. The predicted octanol–water partition coefficient (Wildman–Crippen LogP) is 4.09. The van der Waals surface area contributed by atoms with E-state index in [4.69, 9.17) is 4.74 Å². The molecule has 3 rings (SSSR count). The van der Waals surface area contributed by atoms with Crippen LogP contribution in [0.15, 0.2) is 89.9 Å². The summed E-state index contributed by atoms with van der Waals surface area (Å²) in [6, 6.07) is 26.3. The zero-order valence-electron chi connectivity index (χ0n) is 15.1. The van der Waals surface area contributed by atoms with Crippen LogP contribution in [0.2, 0.25) is 0 Å². The van der Waals surface area contributed by atoms with Gasteiger partial charge in [-0.15, -0.1) is 0 Å². The van der Waals surface area contributed by atoms with Gasteiger partial charge in [0.2, 0.25) is 5.96 Å². The van der Waals surface area contributed by atoms with E-state index in [0.717, 1.165) is 17.0 Å². The van der Waals surface area contributed by atoms with Gasteiger partial charge >= 0.3 is 0 Å². The Morgan fingerprint density at radius 2 is 1.52 bits per heavy atom. The molecule has 0 bridgehead atoms. The molecule has 0 fully saturated rings. The van der Waals surface area contributed by atoms with Crippen molar-refractivity contribution in [3.8, 4) is 5.75 Å². The Kier molecular flexibility index (Phi) is 6.20. The first-order valence-corrected chi connectivity index (χ1v) is 8.60. The number of benzene rings is 3. The number of rotatable bonds is 5. The van der Waals surface area contributed by atoms with Gasteiger partial charge in [-0.05, 0) is 42.0 Å². The molecule has 1 amide bonds. The van der Waals surface area contributed by atoms with E-state index in [1.165, 1.54) is 0 Å². The molecule has 3 aromatic rings. The van der Waals surface area contributed by atoms with Crippen LogP contribution in [0.4, 0.5) is 5.69 Å². The topological polar surface area (TPSA) is 62.7 Å². The molecule has 0 atom stereocenters. The Morgan fingerprint density at radius 3 is 2.15 bits per heavy atom. The van der Waals surface area contributed by atoms with Crippen molar-refractivity contribution in [1.29, 1.82) is 0 Å². The second-order valence-corrected chi connectivity index (χ2v) is 5.82. The fraction of sp³-hybridized carbons (Fsp3) is 0.0909. The number of carbonyl (C=O) groups is 1. The number of methoxy groups -OCH3 is 1. The van der Waals surface area contributed by atoms with Gasteiger partial charge in [0.25, 0.3) is 5.91 Å². The van der Waals surface area contributed by atoms with Crippen molar-refractivity contribution in [2.45, 2.75) is 6.54 Å². The first-order valence-electron chi connectivity index (χ1n) is 8.60. The molecule has 5 nitrogen and oxygen atoms in total. The Bertz CT molecular complexity index is 892. The fourth-order valence-electron chi connectivity index (χ4n) is 2.44. The lowest BCUT2D eigenvalue weighted by Crippen LogP contribution is -2.36. The number of carbonyl (C=O) groups excluding carboxylic acids is 1. The summed E-state index contributed by atoms with van der Waals surface area (Å²) in [4.78, 5) is 17.0. The summed E-state index contributed by atoms with van der Waals surface area (Å²) in [5.74, 6) is 0.929. The predicted molar refractivity (Wildman–Crippen MR) is 108 cm³/mol. The highest BCUT2D eigenvalue weighted by molar-refractivity contribution is 6.09. The maximum absolute atomic E-state index is 12.5. The number of guanidine groups is 1. The average Bonchev–Trinajstić information content (AvgIpc) is 2.74. The Labute approximate surface area is 158 Å². The van der Waals surface area contributed by atoms with Crippen LogP contribution in [0.1, 0.15) is 15.9 Å². The molecule has 0 unspecified atom stereocenters. The molecular weight excluding hydrogens is 338 g/mol. The first-order chi connectivity index (χ1) is 13.2. The Hall–Kier alpha value is -3.60. The summed E-state index contributed by atoms with van der Waals surface area (Å²) in [6.07, 6.45) is 0. The number of nitrogens with one attached hydrogen (secondary N) is 2. The van der Waals surface area contributed by atoms with Crippen LogP contribution in [0.5, 0.6) is 5.75 Å². The van der Waals surface area contributed by atoms with Gasteiger partial charge in [-0.3, -0.25) is 10.1 Å². The third kappa shape index (κ3) is 5.44. The van der Waals surface area contributed by atoms with Gasteiger partial charge in [-0.1, -0.05) is 48.5 Å². The second-order valence-electron chi connectivity index (χ2n) is 5.82. The summed E-state index contributed by atoms with van der Waals surface area (Å²) in [6.45, 7) is 0.453. The quantitative estimate of drug-likeness (QED) is 0.533. The Morgan fingerprint density at radius 1 is 0.889 bits per heavy atom. The minimum absolute atomic E-state index is 0.219. The molecule has 0 aliphatic rings. The summed E-state index contributed by atoms with van der Waals surface area (Å²) < 4.78 is 5.17. The maximum Gasteiger partial charge on any atom is 0.257 e. The molecule has 0 aromatic heterocycles. The molecule has 0 aliphatic carbocycles. The molecule has 3 aromatic carbocycles. The largest absolute Gasteiger partial charge is 0.497 e. The summed E-state index contributed by atoms with van der Waals surface area (Å²) in [5, 5.41) is 6.01.